The van der Waals surface area contributed by atoms with Gasteiger partial charge in [0.05, 0.1) is 11.4 Å². The fourth-order valence-electron chi connectivity index (χ4n) is 3.30. The molecule has 0 amide bonds. The number of fused-ring (bicyclic) bond motifs is 1. The van der Waals surface area contributed by atoms with Gasteiger partial charge in [0, 0.05) is 27.7 Å². The molecule has 1 heterocycles. The molecular formula is C24H21Cl2N3O. The van der Waals surface area contributed by atoms with Crippen molar-refractivity contribution in [2.75, 3.05) is 20.6 Å². The lowest BCUT2D eigenvalue weighted by atomic mass is 10.0. The maximum atomic E-state index is 6.45. The Morgan fingerprint density at radius 2 is 1.70 bits per heavy atom. The zero-order chi connectivity index (χ0) is 21.1. The summed E-state index contributed by atoms with van der Waals surface area (Å²) in [6.45, 7) is 1.17. The summed E-state index contributed by atoms with van der Waals surface area (Å²) < 4.78 is 6.06. The van der Waals surface area contributed by atoms with Gasteiger partial charge in [-0.25, -0.2) is 4.99 Å². The highest BCUT2D eigenvalue weighted by molar-refractivity contribution is 6.36. The van der Waals surface area contributed by atoms with Crippen molar-refractivity contribution in [3.63, 3.8) is 0 Å². The number of hydrogen-bond donors (Lipinski definition) is 0. The molecular weight excluding hydrogens is 417 g/mol. The molecule has 0 unspecified atom stereocenters. The minimum Gasteiger partial charge on any atom is -0.441 e. The molecule has 4 nitrogen and oxygen atoms in total. The van der Waals surface area contributed by atoms with Crippen molar-refractivity contribution >= 4 is 40.5 Å². The normalized spacial score (nSPS) is 13.4. The van der Waals surface area contributed by atoms with E-state index in [1.807, 2.05) is 68.7 Å². The molecule has 0 saturated heterocycles. The molecule has 3 aromatic carbocycles. The zero-order valence-corrected chi connectivity index (χ0v) is 18.3. The van der Waals surface area contributed by atoms with E-state index >= 15 is 0 Å². The number of hydrogen-bond acceptors (Lipinski definition) is 4. The van der Waals surface area contributed by atoms with Gasteiger partial charge < -0.3 is 9.64 Å². The van der Waals surface area contributed by atoms with E-state index in [0.29, 0.717) is 22.5 Å². The van der Waals surface area contributed by atoms with E-state index in [9.17, 15) is 0 Å². The summed E-state index contributed by atoms with van der Waals surface area (Å²) in [5, 5.41) is 1.24. The number of rotatable bonds is 4. The summed E-state index contributed by atoms with van der Waals surface area (Å²) >= 11 is 12.7. The minimum absolute atomic E-state index is 0.298. The van der Waals surface area contributed by atoms with Gasteiger partial charge in [-0.3, -0.25) is 4.99 Å². The third-order valence-electron chi connectivity index (χ3n) is 4.62. The SMILES string of the molecule is CN(C)Cc1ccc(OC2=Nc3ccc(Cl)cc3C(c3ccccc3Cl)=NC2)cc1. The van der Waals surface area contributed by atoms with Crippen molar-refractivity contribution in [3.05, 3.63) is 93.5 Å². The molecule has 0 bridgehead atoms. The lowest BCUT2D eigenvalue weighted by Crippen LogP contribution is -2.13. The second kappa shape index (κ2) is 9.00. The molecule has 6 heteroatoms. The van der Waals surface area contributed by atoms with Crippen molar-refractivity contribution < 1.29 is 4.74 Å². The van der Waals surface area contributed by atoms with Crippen molar-refractivity contribution in [1.82, 2.24) is 4.90 Å². The molecule has 0 N–H and O–H groups in total. The first-order chi connectivity index (χ1) is 14.5. The summed E-state index contributed by atoms with van der Waals surface area (Å²) in [5.74, 6) is 1.24. The standard InChI is InChI=1S/C24H21Cl2N3O/c1-29(2)15-16-7-10-18(11-8-16)30-23-14-27-24(19-5-3-4-6-21(19)26)20-13-17(25)9-12-22(20)28-23/h3-13H,14-15H2,1-2H3. The van der Waals surface area contributed by atoms with Gasteiger partial charge in [-0.1, -0.05) is 53.5 Å². The van der Waals surface area contributed by atoms with Crippen LogP contribution < -0.4 is 4.74 Å². The van der Waals surface area contributed by atoms with E-state index in [1.165, 1.54) is 5.56 Å². The Hall–Kier alpha value is -2.66. The fourth-order valence-corrected chi connectivity index (χ4v) is 3.70. The van der Waals surface area contributed by atoms with Gasteiger partial charge in [-0.15, -0.1) is 0 Å². The van der Waals surface area contributed by atoms with E-state index < -0.39 is 0 Å². The van der Waals surface area contributed by atoms with Crippen molar-refractivity contribution in [1.29, 1.82) is 0 Å². The summed E-state index contributed by atoms with van der Waals surface area (Å²) in [5.41, 5.74) is 4.38. The second-order valence-electron chi connectivity index (χ2n) is 7.30. The molecule has 0 spiro atoms. The molecule has 0 radical (unpaired) electrons. The molecule has 1 aliphatic heterocycles. The number of aliphatic imine (C=N–C) groups is 2. The molecule has 4 rings (SSSR count). The highest BCUT2D eigenvalue weighted by Gasteiger charge is 2.19. The minimum atomic E-state index is 0.298. The van der Waals surface area contributed by atoms with Gasteiger partial charge in [-0.05, 0) is 56.1 Å². The van der Waals surface area contributed by atoms with Crippen molar-refractivity contribution in [3.8, 4) is 5.75 Å². The molecule has 0 aliphatic carbocycles. The third kappa shape index (κ3) is 4.73. The van der Waals surface area contributed by atoms with E-state index in [4.69, 9.17) is 37.9 Å². The molecule has 30 heavy (non-hydrogen) atoms. The maximum Gasteiger partial charge on any atom is 0.216 e. The Morgan fingerprint density at radius 1 is 0.933 bits per heavy atom. The largest absolute Gasteiger partial charge is 0.441 e. The van der Waals surface area contributed by atoms with Crippen LogP contribution in [0, 0.1) is 0 Å². The summed E-state index contributed by atoms with van der Waals surface area (Å²) in [7, 11) is 4.09. The molecule has 0 aromatic heterocycles. The second-order valence-corrected chi connectivity index (χ2v) is 8.14. The van der Waals surface area contributed by atoms with Crippen LogP contribution in [0.1, 0.15) is 16.7 Å². The lowest BCUT2D eigenvalue weighted by molar-refractivity contribution is 0.402. The van der Waals surface area contributed by atoms with Gasteiger partial charge in [-0.2, -0.15) is 0 Å². The molecule has 0 fully saturated rings. The zero-order valence-electron chi connectivity index (χ0n) is 16.8. The highest BCUT2D eigenvalue weighted by atomic mass is 35.5. The van der Waals surface area contributed by atoms with Gasteiger partial charge in [0.2, 0.25) is 5.90 Å². The fraction of sp³-hybridized carbons (Fsp3) is 0.167. The monoisotopic (exact) mass is 437 g/mol. The van der Waals surface area contributed by atoms with Crippen LogP contribution in [0.4, 0.5) is 5.69 Å². The van der Waals surface area contributed by atoms with Crippen molar-refractivity contribution in [2.24, 2.45) is 9.98 Å². The van der Waals surface area contributed by atoms with Gasteiger partial charge in [0.15, 0.2) is 0 Å². The predicted octanol–water partition coefficient (Wildman–Crippen LogP) is 6.02. The lowest BCUT2D eigenvalue weighted by Gasteiger charge is -2.11. The van der Waals surface area contributed by atoms with Crippen LogP contribution >= 0.6 is 23.2 Å². The van der Waals surface area contributed by atoms with Gasteiger partial charge >= 0.3 is 0 Å². The van der Waals surface area contributed by atoms with Crippen LogP contribution in [-0.4, -0.2) is 37.1 Å². The average Bonchev–Trinajstić information content (AvgIpc) is 2.88. The van der Waals surface area contributed by atoms with Crippen LogP contribution in [0.3, 0.4) is 0 Å². The maximum absolute atomic E-state index is 6.45. The van der Waals surface area contributed by atoms with Crippen LogP contribution in [0.2, 0.25) is 10.0 Å². The van der Waals surface area contributed by atoms with E-state index in [1.54, 1.807) is 0 Å². The Kier molecular flexibility index (Phi) is 6.18. The number of halogens is 2. The third-order valence-corrected chi connectivity index (χ3v) is 5.18. The van der Waals surface area contributed by atoms with Crippen LogP contribution in [-0.2, 0) is 6.54 Å². The number of nitrogens with zero attached hydrogens (tertiary/aromatic N) is 3. The number of benzene rings is 3. The average molecular weight is 438 g/mol. The Morgan fingerprint density at radius 3 is 2.43 bits per heavy atom. The quantitative estimate of drug-likeness (QED) is 0.500. The van der Waals surface area contributed by atoms with Crippen molar-refractivity contribution in [2.45, 2.75) is 6.54 Å². The van der Waals surface area contributed by atoms with E-state index in [0.717, 1.165) is 34.8 Å². The summed E-state index contributed by atoms with van der Waals surface area (Å²) in [4.78, 5) is 11.6. The van der Waals surface area contributed by atoms with Crippen LogP contribution in [0.15, 0.2) is 76.7 Å². The topological polar surface area (TPSA) is 37.2 Å². The summed E-state index contributed by atoms with van der Waals surface area (Å²) in [6.07, 6.45) is 0. The first-order valence-corrected chi connectivity index (χ1v) is 10.3. The molecule has 0 saturated carbocycles. The molecule has 1 aliphatic rings. The highest BCUT2D eigenvalue weighted by Crippen LogP contribution is 2.31. The predicted molar refractivity (Wildman–Crippen MR) is 125 cm³/mol. The number of ether oxygens (including phenoxy) is 1. The first kappa shape index (κ1) is 20.6. The van der Waals surface area contributed by atoms with E-state index in [-0.39, 0.29) is 0 Å². The van der Waals surface area contributed by atoms with Gasteiger partial charge in [0.25, 0.3) is 0 Å². The molecule has 152 valence electrons. The Bertz CT molecular complexity index is 1120. The molecule has 3 aromatic rings. The summed E-state index contributed by atoms with van der Waals surface area (Å²) in [6, 6.07) is 21.2. The Balaban J connectivity index is 1.67. The van der Waals surface area contributed by atoms with Gasteiger partial charge in [0.1, 0.15) is 12.3 Å². The first-order valence-electron chi connectivity index (χ1n) is 9.58. The van der Waals surface area contributed by atoms with E-state index in [2.05, 4.69) is 17.0 Å². The Labute approximate surface area is 186 Å². The van der Waals surface area contributed by atoms with Crippen LogP contribution in [0.25, 0.3) is 0 Å². The molecule has 0 atom stereocenters. The smallest absolute Gasteiger partial charge is 0.216 e. The van der Waals surface area contributed by atoms with Crippen LogP contribution in [0.5, 0.6) is 5.75 Å².